The first kappa shape index (κ1) is 9.84. The normalized spacial score (nSPS) is 16.8. The van der Waals surface area contributed by atoms with Gasteiger partial charge >= 0.3 is 0 Å². The predicted octanol–water partition coefficient (Wildman–Crippen LogP) is -1.53. The lowest BCUT2D eigenvalue weighted by molar-refractivity contribution is 0.0327. The first-order valence-electron chi connectivity index (χ1n) is 3.28. The Kier molecular flexibility index (Phi) is 5.52. The quantitative estimate of drug-likeness (QED) is 0.383. The van der Waals surface area contributed by atoms with Crippen LogP contribution in [0.1, 0.15) is 12.8 Å². The van der Waals surface area contributed by atoms with Gasteiger partial charge in [-0.1, -0.05) is 0 Å². The highest BCUT2D eigenvalue weighted by Crippen LogP contribution is 2.00. The van der Waals surface area contributed by atoms with Gasteiger partial charge in [-0.05, 0) is 6.42 Å². The fourth-order valence-corrected chi connectivity index (χ4v) is 0.655. The van der Waals surface area contributed by atoms with Crippen molar-refractivity contribution in [2.75, 3.05) is 13.2 Å². The fourth-order valence-electron chi connectivity index (χ4n) is 0.655. The first-order chi connectivity index (χ1) is 4.70. The molecular weight excluding hydrogens is 136 g/mol. The van der Waals surface area contributed by atoms with Crippen molar-refractivity contribution in [1.82, 2.24) is 0 Å². The molecule has 0 bridgehead atoms. The lowest BCUT2D eigenvalue weighted by Crippen LogP contribution is -2.21. The van der Waals surface area contributed by atoms with Gasteiger partial charge in [-0.15, -0.1) is 0 Å². The van der Waals surface area contributed by atoms with E-state index >= 15 is 0 Å². The maximum absolute atomic E-state index is 8.92. The lowest BCUT2D eigenvalue weighted by atomic mass is 10.1. The highest BCUT2D eigenvalue weighted by molar-refractivity contribution is 4.61. The first-order valence-corrected chi connectivity index (χ1v) is 3.28. The standard InChI is InChI=1S/C6H14O4/c7-2-1-5(9)3-6(10)4-8/h5-10H,1-4H2. The van der Waals surface area contributed by atoms with Crippen molar-refractivity contribution in [3.05, 3.63) is 0 Å². The van der Waals surface area contributed by atoms with E-state index in [1.807, 2.05) is 0 Å². The van der Waals surface area contributed by atoms with Crippen molar-refractivity contribution < 1.29 is 20.4 Å². The van der Waals surface area contributed by atoms with Gasteiger partial charge in [0.1, 0.15) is 0 Å². The number of hydrogen-bond donors (Lipinski definition) is 4. The van der Waals surface area contributed by atoms with Gasteiger partial charge in [-0.25, -0.2) is 0 Å². The molecule has 0 aromatic heterocycles. The van der Waals surface area contributed by atoms with Crippen molar-refractivity contribution in [3.63, 3.8) is 0 Å². The number of aliphatic hydroxyl groups is 4. The zero-order valence-corrected chi connectivity index (χ0v) is 5.77. The third kappa shape index (κ3) is 4.69. The van der Waals surface area contributed by atoms with E-state index in [4.69, 9.17) is 20.4 Å². The molecule has 0 radical (unpaired) electrons. The predicted molar refractivity (Wildman–Crippen MR) is 35.4 cm³/mol. The molecule has 0 rings (SSSR count). The van der Waals surface area contributed by atoms with Crippen LogP contribution in [0.3, 0.4) is 0 Å². The van der Waals surface area contributed by atoms with E-state index in [9.17, 15) is 0 Å². The minimum absolute atomic E-state index is 0.0979. The maximum Gasteiger partial charge on any atom is 0.0795 e. The number of hydrogen-bond acceptors (Lipinski definition) is 4. The summed E-state index contributed by atoms with van der Waals surface area (Å²) < 4.78 is 0. The molecule has 0 aliphatic rings. The topological polar surface area (TPSA) is 80.9 Å². The summed E-state index contributed by atoms with van der Waals surface area (Å²) in [6.07, 6.45) is -1.22. The Morgan fingerprint density at radius 2 is 1.60 bits per heavy atom. The molecule has 0 amide bonds. The largest absolute Gasteiger partial charge is 0.396 e. The van der Waals surface area contributed by atoms with Gasteiger partial charge in [0.2, 0.25) is 0 Å². The van der Waals surface area contributed by atoms with Crippen molar-refractivity contribution in [2.24, 2.45) is 0 Å². The summed E-state index contributed by atoms with van der Waals surface area (Å²) in [6.45, 7) is -0.443. The molecule has 4 nitrogen and oxygen atoms in total. The second kappa shape index (κ2) is 5.61. The summed E-state index contributed by atoms with van der Waals surface area (Å²) in [6, 6.07) is 0. The molecule has 62 valence electrons. The second-order valence-electron chi connectivity index (χ2n) is 2.24. The van der Waals surface area contributed by atoms with Crippen LogP contribution in [0.15, 0.2) is 0 Å². The number of rotatable bonds is 5. The van der Waals surface area contributed by atoms with Crippen LogP contribution < -0.4 is 0 Å². The summed E-state index contributed by atoms with van der Waals surface area (Å²) in [5.74, 6) is 0. The SMILES string of the molecule is OCCC(O)CC(O)CO. The van der Waals surface area contributed by atoms with E-state index in [1.54, 1.807) is 0 Å². The molecule has 0 aromatic rings. The maximum atomic E-state index is 8.92. The van der Waals surface area contributed by atoms with E-state index in [1.165, 1.54) is 0 Å². The average molecular weight is 150 g/mol. The molecule has 0 aromatic carbocycles. The monoisotopic (exact) mass is 150 g/mol. The Bertz CT molecular complexity index is 76.1. The van der Waals surface area contributed by atoms with Crippen LogP contribution in [-0.2, 0) is 0 Å². The van der Waals surface area contributed by atoms with E-state index in [0.717, 1.165) is 0 Å². The van der Waals surface area contributed by atoms with Crippen LogP contribution in [0.25, 0.3) is 0 Å². The van der Waals surface area contributed by atoms with Gasteiger partial charge in [0.15, 0.2) is 0 Å². The highest BCUT2D eigenvalue weighted by atomic mass is 16.3. The molecule has 0 heterocycles. The van der Waals surface area contributed by atoms with Crippen LogP contribution >= 0.6 is 0 Å². The molecule has 2 atom stereocenters. The molecule has 0 aliphatic carbocycles. The van der Waals surface area contributed by atoms with E-state index < -0.39 is 12.2 Å². The van der Waals surface area contributed by atoms with Gasteiger partial charge in [0.25, 0.3) is 0 Å². The number of aliphatic hydroxyl groups excluding tert-OH is 4. The summed E-state index contributed by atoms with van der Waals surface area (Å²) in [5, 5.41) is 34.3. The molecule has 0 saturated carbocycles. The minimum Gasteiger partial charge on any atom is -0.396 e. The Labute approximate surface area is 59.7 Å². The molecule has 0 spiro atoms. The zero-order chi connectivity index (χ0) is 7.98. The third-order valence-corrected chi connectivity index (χ3v) is 1.22. The van der Waals surface area contributed by atoms with Gasteiger partial charge in [-0.3, -0.25) is 0 Å². The lowest BCUT2D eigenvalue weighted by Gasteiger charge is -2.11. The molecule has 0 saturated heterocycles. The summed E-state index contributed by atoms with van der Waals surface area (Å²) in [4.78, 5) is 0. The Balaban J connectivity index is 3.27. The van der Waals surface area contributed by atoms with E-state index in [-0.39, 0.29) is 26.1 Å². The summed E-state index contributed by atoms with van der Waals surface area (Å²) >= 11 is 0. The Hall–Kier alpha value is -0.160. The van der Waals surface area contributed by atoms with Gasteiger partial charge < -0.3 is 20.4 Å². The zero-order valence-electron chi connectivity index (χ0n) is 5.77. The summed E-state index contributed by atoms with van der Waals surface area (Å²) in [7, 11) is 0. The molecule has 4 heteroatoms. The van der Waals surface area contributed by atoms with Crippen LogP contribution in [0.4, 0.5) is 0 Å². The van der Waals surface area contributed by atoms with Gasteiger partial charge in [0, 0.05) is 13.0 Å². The van der Waals surface area contributed by atoms with Gasteiger partial charge in [0.05, 0.1) is 18.8 Å². The van der Waals surface area contributed by atoms with E-state index in [0.29, 0.717) is 0 Å². The third-order valence-electron chi connectivity index (χ3n) is 1.22. The molecule has 4 N–H and O–H groups in total. The molecule has 0 aliphatic heterocycles. The molecule has 0 fully saturated rings. The van der Waals surface area contributed by atoms with Gasteiger partial charge in [-0.2, -0.15) is 0 Å². The summed E-state index contributed by atoms with van der Waals surface area (Å²) in [5.41, 5.74) is 0. The highest BCUT2D eigenvalue weighted by Gasteiger charge is 2.09. The Morgan fingerprint density at radius 3 is 2.00 bits per heavy atom. The van der Waals surface area contributed by atoms with Crippen molar-refractivity contribution in [1.29, 1.82) is 0 Å². The van der Waals surface area contributed by atoms with Crippen LogP contribution in [0.2, 0.25) is 0 Å². The Morgan fingerprint density at radius 1 is 1.00 bits per heavy atom. The van der Waals surface area contributed by atoms with Crippen LogP contribution in [0.5, 0.6) is 0 Å². The molecular formula is C6H14O4. The molecule has 10 heavy (non-hydrogen) atoms. The van der Waals surface area contributed by atoms with Crippen LogP contribution in [-0.4, -0.2) is 45.8 Å². The van der Waals surface area contributed by atoms with E-state index in [2.05, 4.69) is 0 Å². The second-order valence-corrected chi connectivity index (χ2v) is 2.24. The average Bonchev–Trinajstić information content (AvgIpc) is 1.88. The minimum atomic E-state index is -0.874. The van der Waals surface area contributed by atoms with Crippen molar-refractivity contribution >= 4 is 0 Å². The smallest absolute Gasteiger partial charge is 0.0795 e. The fraction of sp³-hybridized carbons (Fsp3) is 1.00. The van der Waals surface area contributed by atoms with Crippen LogP contribution in [0, 0.1) is 0 Å². The molecule has 2 unspecified atom stereocenters. The van der Waals surface area contributed by atoms with Crippen molar-refractivity contribution in [3.8, 4) is 0 Å². The van der Waals surface area contributed by atoms with Crippen molar-refractivity contribution in [2.45, 2.75) is 25.0 Å².